The van der Waals surface area contributed by atoms with E-state index in [4.69, 9.17) is 5.73 Å². The van der Waals surface area contributed by atoms with Crippen LogP contribution in [-0.4, -0.2) is 30.1 Å². The van der Waals surface area contributed by atoms with E-state index in [1.54, 1.807) is 0 Å². The Hall–Kier alpha value is -0.0800. The molecule has 1 saturated carbocycles. The summed E-state index contributed by atoms with van der Waals surface area (Å²) in [4.78, 5) is 2.63. The van der Waals surface area contributed by atoms with E-state index in [1.165, 1.54) is 45.3 Å². The summed E-state index contributed by atoms with van der Waals surface area (Å²) in [5, 5.41) is 0. The molecule has 0 atom stereocenters. The molecule has 0 radical (unpaired) electrons. The fourth-order valence-corrected chi connectivity index (χ4v) is 2.53. The van der Waals surface area contributed by atoms with E-state index >= 15 is 0 Å². The van der Waals surface area contributed by atoms with Crippen LogP contribution >= 0.6 is 0 Å². The van der Waals surface area contributed by atoms with Crippen molar-refractivity contribution in [2.45, 2.75) is 51.5 Å². The first-order chi connectivity index (χ1) is 6.49. The monoisotopic (exact) mass is 196 g/mol. The van der Waals surface area contributed by atoms with Gasteiger partial charge in [0.2, 0.25) is 0 Å². The molecule has 82 valence electrons. The molecule has 0 aromatic carbocycles. The maximum absolute atomic E-state index is 6.01. The predicted molar refractivity (Wildman–Crippen MR) is 60.2 cm³/mol. The second kappa shape index (κ2) is 3.49. The first kappa shape index (κ1) is 10.4. The molecule has 2 heteroatoms. The molecule has 0 amide bonds. The van der Waals surface area contributed by atoms with E-state index in [0.29, 0.717) is 0 Å². The average Bonchev–Trinajstić information content (AvgIpc) is 2.81. The zero-order valence-corrected chi connectivity index (χ0v) is 9.68. The second-order valence-corrected chi connectivity index (χ2v) is 6.12. The summed E-state index contributed by atoms with van der Waals surface area (Å²) >= 11 is 0. The fourth-order valence-electron chi connectivity index (χ4n) is 2.53. The van der Waals surface area contributed by atoms with Crippen LogP contribution in [0.4, 0.5) is 0 Å². The molecule has 0 unspecified atom stereocenters. The second-order valence-electron chi connectivity index (χ2n) is 6.12. The quantitative estimate of drug-likeness (QED) is 0.748. The van der Waals surface area contributed by atoms with Crippen molar-refractivity contribution in [3.8, 4) is 0 Å². The van der Waals surface area contributed by atoms with Crippen LogP contribution in [0.2, 0.25) is 0 Å². The van der Waals surface area contributed by atoms with E-state index < -0.39 is 0 Å². The number of piperidine rings is 1. The van der Waals surface area contributed by atoms with Crippen molar-refractivity contribution in [1.29, 1.82) is 0 Å². The molecular formula is C12H24N2. The van der Waals surface area contributed by atoms with Gasteiger partial charge in [-0.15, -0.1) is 0 Å². The highest BCUT2D eigenvalue weighted by atomic mass is 15.1. The Kier molecular flexibility index (Phi) is 2.61. The first-order valence-electron chi connectivity index (χ1n) is 6.01. The standard InChI is InChI=1S/C12H24N2/c1-11(2,13)7-9-14-8-3-4-12(10-14)5-6-12/h3-10,13H2,1-2H3. The summed E-state index contributed by atoms with van der Waals surface area (Å²) in [7, 11) is 0. The molecule has 0 aromatic rings. The SMILES string of the molecule is CC(C)(N)CCN1CCCC2(CC2)C1. The van der Waals surface area contributed by atoms with E-state index in [9.17, 15) is 0 Å². The zero-order chi connectivity index (χ0) is 10.2. The molecular weight excluding hydrogens is 172 g/mol. The molecule has 0 aromatic heterocycles. The molecule has 1 heterocycles. The van der Waals surface area contributed by atoms with Crippen LogP contribution in [0.1, 0.15) is 46.0 Å². The van der Waals surface area contributed by atoms with E-state index in [2.05, 4.69) is 18.7 Å². The molecule has 2 nitrogen and oxygen atoms in total. The molecule has 2 aliphatic rings. The summed E-state index contributed by atoms with van der Waals surface area (Å²) in [5.41, 5.74) is 6.78. The third kappa shape index (κ3) is 2.71. The van der Waals surface area contributed by atoms with Gasteiger partial charge in [-0.05, 0) is 64.5 Å². The summed E-state index contributed by atoms with van der Waals surface area (Å²) in [6.45, 7) is 8.11. The Morgan fingerprint density at radius 2 is 2.00 bits per heavy atom. The summed E-state index contributed by atoms with van der Waals surface area (Å²) in [5.74, 6) is 0. The van der Waals surface area contributed by atoms with Crippen molar-refractivity contribution in [3.05, 3.63) is 0 Å². The van der Waals surface area contributed by atoms with Crippen LogP contribution in [-0.2, 0) is 0 Å². The fraction of sp³-hybridized carbons (Fsp3) is 1.00. The Morgan fingerprint density at radius 3 is 2.57 bits per heavy atom. The van der Waals surface area contributed by atoms with Crippen LogP contribution in [0.25, 0.3) is 0 Å². The van der Waals surface area contributed by atoms with Gasteiger partial charge in [0.05, 0.1) is 0 Å². The molecule has 2 fully saturated rings. The zero-order valence-electron chi connectivity index (χ0n) is 9.68. The van der Waals surface area contributed by atoms with Crippen LogP contribution in [0, 0.1) is 5.41 Å². The number of hydrogen-bond donors (Lipinski definition) is 1. The minimum absolute atomic E-state index is 0.00810. The maximum atomic E-state index is 6.01. The smallest absolute Gasteiger partial charge is 0.0109 e. The molecule has 0 bridgehead atoms. The Morgan fingerprint density at radius 1 is 1.29 bits per heavy atom. The molecule has 2 N–H and O–H groups in total. The Balaban J connectivity index is 1.75. The largest absolute Gasteiger partial charge is 0.326 e. The molecule has 1 saturated heterocycles. The van der Waals surface area contributed by atoms with Gasteiger partial charge >= 0.3 is 0 Å². The average molecular weight is 196 g/mol. The van der Waals surface area contributed by atoms with E-state index in [-0.39, 0.29) is 5.54 Å². The molecule has 1 spiro atoms. The third-order valence-corrected chi connectivity index (χ3v) is 3.77. The van der Waals surface area contributed by atoms with Crippen LogP contribution in [0.3, 0.4) is 0 Å². The van der Waals surface area contributed by atoms with Crippen molar-refractivity contribution in [1.82, 2.24) is 4.90 Å². The molecule has 1 aliphatic heterocycles. The van der Waals surface area contributed by atoms with Gasteiger partial charge in [-0.25, -0.2) is 0 Å². The van der Waals surface area contributed by atoms with Crippen molar-refractivity contribution in [2.24, 2.45) is 11.1 Å². The van der Waals surface area contributed by atoms with Gasteiger partial charge in [0.1, 0.15) is 0 Å². The van der Waals surface area contributed by atoms with E-state index in [1.807, 2.05) is 0 Å². The lowest BCUT2D eigenvalue weighted by Gasteiger charge is -2.34. The van der Waals surface area contributed by atoms with E-state index in [0.717, 1.165) is 11.8 Å². The summed E-state index contributed by atoms with van der Waals surface area (Å²) < 4.78 is 0. The van der Waals surface area contributed by atoms with Gasteiger partial charge in [-0.1, -0.05) is 0 Å². The topological polar surface area (TPSA) is 29.3 Å². The van der Waals surface area contributed by atoms with Crippen molar-refractivity contribution < 1.29 is 0 Å². The predicted octanol–water partition coefficient (Wildman–Crippen LogP) is 1.99. The highest BCUT2D eigenvalue weighted by molar-refractivity contribution is 4.98. The van der Waals surface area contributed by atoms with Gasteiger partial charge < -0.3 is 10.6 Å². The lowest BCUT2D eigenvalue weighted by molar-refractivity contribution is 0.151. The van der Waals surface area contributed by atoms with Crippen molar-refractivity contribution >= 4 is 0 Å². The highest BCUT2D eigenvalue weighted by Crippen LogP contribution is 2.51. The molecule has 14 heavy (non-hydrogen) atoms. The molecule has 1 aliphatic carbocycles. The first-order valence-corrected chi connectivity index (χ1v) is 6.01. The third-order valence-electron chi connectivity index (χ3n) is 3.77. The lowest BCUT2D eigenvalue weighted by atomic mass is 9.94. The Bertz CT molecular complexity index is 201. The number of likely N-dealkylation sites (tertiary alicyclic amines) is 1. The van der Waals surface area contributed by atoms with Gasteiger partial charge in [-0.2, -0.15) is 0 Å². The highest BCUT2D eigenvalue weighted by Gasteiger charge is 2.45. The number of nitrogens with two attached hydrogens (primary N) is 1. The lowest BCUT2D eigenvalue weighted by Crippen LogP contribution is -2.41. The van der Waals surface area contributed by atoms with Crippen molar-refractivity contribution in [2.75, 3.05) is 19.6 Å². The summed E-state index contributed by atoms with van der Waals surface area (Å²) in [6, 6.07) is 0. The maximum Gasteiger partial charge on any atom is 0.0109 e. The Labute approximate surface area is 87.8 Å². The van der Waals surface area contributed by atoms with Crippen LogP contribution in [0.5, 0.6) is 0 Å². The minimum Gasteiger partial charge on any atom is -0.326 e. The molecule has 2 rings (SSSR count). The summed E-state index contributed by atoms with van der Waals surface area (Å²) in [6.07, 6.45) is 6.98. The van der Waals surface area contributed by atoms with Gasteiger partial charge in [-0.3, -0.25) is 0 Å². The number of hydrogen-bond acceptors (Lipinski definition) is 2. The van der Waals surface area contributed by atoms with Gasteiger partial charge in [0.15, 0.2) is 0 Å². The minimum atomic E-state index is 0.00810. The number of nitrogens with zero attached hydrogens (tertiary/aromatic N) is 1. The van der Waals surface area contributed by atoms with Gasteiger partial charge in [0.25, 0.3) is 0 Å². The number of rotatable bonds is 3. The van der Waals surface area contributed by atoms with Crippen LogP contribution in [0.15, 0.2) is 0 Å². The normalized spacial score (nSPS) is 26.8. The van der Waals surface area contributed by atoms with Crippen LogP contribution < -0.4 is 5.73 Å². The van der Waals surface area contributed by atoms with Crippen molar-refractivity contribution in [3.63, 3.8) is 0 Å². The van der Waals surface area contributed by atoms with Gasteiger partial charge in [0, 0.05) is 12.1 Å².